The molecule has 0 radical (unpaired) electrons. The summed E-state index contributed by atoms with van der Waals surface area (Å²) in [6, 6.07) is 14.1. The van der Waals surface area contributed by atoms with Gasteiger partial charge in [0.1, 0.15) is 36.9 Å². The van der Waals surface area contributed by atoms with E-state index in [1.807, 2.05) is 6.07 Å². The van der Waals surface area contributed by atoms with Gasteiger partial charge in [-0.2, -0.15) is 0 Å². The van der Waals surface area contributed by atoms with Crippen LogP contribution in [0.3, 0.4) is 0 Å². The largest absolute Gasteiger partial charge is 0.487 e. The van der Waals surface area contributed by atoms with Crippen LogP contribution in [0.15, 0.2) is 86.0 Å². The molecule has 2 aromatic carbocycles. The van der Waals surface area contributed by atoms with E-state index in [0.717, 1.165) is 0 Å². The van der Waals surface area contributed by atoms with E-state index in [2.05, 4.69) is 33.3 Å². The summed E-state index contributed by atoms with van der Waals surface area (Å²) >= 11 is 0. The average molecular weight is 643 g/mol. The van der Waals surface area contributed by atoms with Crippen molar-refractivity contribution >= 4 is 35.1 Å². The lowest BCUT2D eigenvalue weighted by molar-refractivity contribution is -0.147. The van der Waals surface area contributed by atoms with Crippen LogP contribution in [0.5, 0.6) is 11.5 Å². The van der Waals surface area contributed by atoms with Crippen LogP contribution >= 0.6 is 0 Å². The van der Waals surface area contributed by atoms with Crippen molar-refractivity contribution in [3.63, 3.8) is 0 Å². The topological polar surface area (TPSA) is 148 Å². The monoisotopic (exact) mass is 642 g/mol. The number of hydrogen-bond donors (Lipinski definition) is 2. The highest BCUT2D eigenvalue weighted by atomic mass is 16.5. The Morgan fingerprint density at radius 2 is 1.61 bits per heavy atom. The maximum Gasteiger partial charge on any atom is 0.308 e. The lowest BCUT2D eigenvalue weighted by Crippen LogP contribution is -2.33. The van der Waals surface area contributed by atoms with Crippen LogP contribution in [0.1, 0.15) is 27.7 Å². The molecule has 1 aliphatic heterocycles. The first-order valence-electron chi connectivity index (χ1n) is 13.6. The molecule has 252 valence electrons. The van der Waals surface area contributed by atoms with Crippen molar-refractivity contribution in [2.75, 3.05) is 51.3 Å². The zero-order valence-electron chi connectivity index (χ0n) is 24.8. The third-order valence-electron chi connectivity index (χ3n) is 5.70. The summed E-state index contributed by atoms with van der Waals surface area (Å²) in [6.45, 7) is 8.14. The Morgan fingerprint density at radius 1 is 0.957 bits per heavy atom. The maximum atomic E-state index is 12.3. The van der Waals surface area contributed by atoms with Gasteiger partial charge < -0.3 is 39.1 Å². The molecule has 0 aliphatic carbocycles. The lowest BCUT2D eigenvalue weighted by atomic mass is 10.2. The van der Waals surface area contributed by atoms with Gasteiger partial charge in [-0.1, -0.05) is 63.9 Å². The maximum absolute atomic E-state index is 12.3. The fourth-order valence-corrected chi connectivity index (χ4v) is 3.52. The SMILES string of the molecule is C.C.C=CCOc1ccccc1NC(=O)C(CC(=O)OC)OCC=C.COC(=O)CC1OCC=CCOc2ccccc2NC1=O. The molecule has 2 atom stereocenters. The summed E-state index contributed by atoms with van der Waals surface area (Å²) in [7, 11) is 2.53. The first-order valence-corrected chi connectivity index (χ1v) is 13.6. The van der Waals surface area contributed by atoms with E-state index < -0.39 is 36.0 Å². The fourth-order valence-electron chi connectivity index (χ4n) is 3.52. The quantitative estimate of drug-likeness (QED) is 0.236. The number of fused-ring (bicyclic) bond motifs is 1. The van der Waals surface area contributed by atoms with Crippen molar-refractivity contribution in [2.45, 2.75) is 39.9 Å². The highest BCUT2D eigenvalue weighted by molar-refractivity contribution is 5.98. The molecule has 0 spiro atoms. The van der Waals surface area contributed by atoms with Gasteiger partial charge in [0.2, 0.25) is 0 Å². The first-order chi connectivity index (χ1) is 21.3. The molecule has 46 heavy (non-hydrogen) atoms. The van der Waals surface area contributed by atoms with E-state index in [1.165, 1.54) is 20.3 Å². The normalized spacial score (nSPS) is 14.1. The van der Waals surface area contributed by atoms with Crippen molar-refractivity contribution in [3.05, 3.63) is 86.0 Å². The Labute approximate surface area is 271 Å². The van der Waals surface area contributed by atoms with Crippen LogP contribution in [0.4, 0.5) is 11.4 Å². The smallest absolute Gasteiger partial charge is 0.308 e. The van der Waals surface area contributed by atoms with Gasteiger partial charge in [-0.3, -0.25) is 19.2 Å². The molecule has 0 saturated carbocycles. The van der Waals surface area contributed by atoms with Crippen LogP contribution in [-0.4, -0.2) is 76.6 Å². The Balaban J connectivity index is 0.000000846. The van der Waals surface area contributed by atoms with Gasteiger partial charge in [-0.25, -0.2) is 0 Å². The van der Waals surface area contributed by atoms with Gasteiger partial charge in [0.15, 0.2) is 0 Å². The van der Waals surface area contributed by atoms with E-state index in [1.54, 1.807) is 60.7 Å². The number of hydrogen-bond acceptors (Lipinski definition) is 10. The molecule has 2 aromatic rings. The van der Waals surface area contributed by atoms with Gasteiger partial charge in [-0.05, 0) is 30.3 Å². The molecule has 0 saturated heterocycles. The Bertz CT molecular complexity index is 1290. The van der Waals surface area contributed by atoms with E-state index >= 15 is 0 Å². The number of carbonyl (C=O) groups excluding carboxylic acids is 4. The van der Waals surface area contributed by atoms with E-state index in [4.69, 9.17) is 18.9 Å². The van der Waals surface area contributed by atoms with Gasteiger partial charge in [0, 0.05) is 0 Å². The predicted molar refractivity (Wildman–Crippen MR) is 177 cm³/mol. The van der Waals surface area contributed by atoms with E-state index in [-0.39, 0.29) is 40.9 Å². The van der Waals surface area contributed by atoms with Crippen molar-refractivity contribution in [1.82, 2.24) is 0 Å². The minimum absolute atomic E-state index is 0. The highest BCUT2D eigenvalue weighted by Crippen LogP contribution is 2.25. The Hall–Kier alpha value is -4.94. The summed E-state index contributed by atoms with van der Waals surface area (Å²) in [6.07, 6.45) is 4.42. The zero-order chi connectivity index (χ0) is 32.2. The van der Waals surface area contributed by atoms with Gasteiger partial charge in [0.25, 0.3) is 11.8 Å². The van der Waals surface area contributed by atoms with Crippen LogP contribution in [0, 0.1) is 0 Å². The molecule has 12 nitrogen and oxygen atoms in total. The summed E-state index contributed by atoms with van der Waals surface area (Å²) < 4.78 is 30.9. The molecule has 1 heterocycles. The molecule has 0 bridgehead atoms. The number of amides is 2. The number of ether oxygens (including phenoxy) is 6. The molecule has 0 fully saturated rings. The van der Waals surface area contributed by atoms with Gasteiger partial charge in [0.05, 0.1) is 51.6 Å². The Kier molecular flexibility index (Phi) is 20.9. The molecule has 0 aromatic heterocycles. The van der Waals surface area contributed by atoms with E-state index in [0.29, 0.717) is 36.1 Å². The number of esters is 2. The molecule has 2 unspecified atom stereocenters. The number of para-hydroxylation sites is 4. The van der Waals surface area contributed by atoms with Crippen LogP contribution in [-0.2, 0) is 38.1 Å². The average Bonchev–Trinajstić information content (AvgIpc) is 3.07. The van der Waals surface area contributed by atoms with Crippen molar-refractivity contribution in [2.24, 2.45) is 0 Å². The predicted octanol–water partition coefficient (Wildman–Crippen LogP) is 5.12. The van der Waals surface area contributed by atoms with Crippen molar-refractivity contribution in [1.29, 1.82) is 0 Å². The van der Waals surface area contributed by atoms with Gasteiger partial charge >= 0.3 is 11.9 Å². The third-order valence-corrected chi connectivity index (χ3v) is 5.70. The van der Waals surface area contributed by atoms with Crippen LogP contribution in [0.2, 0.25) is 0 Å². The first kappa shape index (κ1) is 41.1. The molecule has 3 rings (SSSR count). The van der Waals surface area contributed by atoms with Crippen molar-refractivity contribution < 1.29 is 47.6 Å². The summed E-state index contributed by atoms with van der Waals surface area (Å²) in [5.41, 5.74) is 1.02. The molecule has 2 amide bonds. The lowest BCUT2D eigenvalue weighted by Gasteiger charge is -2.17. The third kappa shape index (κ3) is 14.7. The zero-order valence-corrected chi connectivity index (χ0v) is 24.8. The minimum Gasteiger partial charge on any atom is -0.487 e. The molecule has 12 heteroatoms. The number of benzene rings is 2. The van der Waals surface area contributed by atoms with Crippen LogP contribution < -0.4 is 20.1 Å². The van der Waals surface area contributed by atoms with Crippen LogP contribution in [0.25, 0.3) is 0 Å². The molecule has 1 aliphatic rings. The highest BCUT2D eigenvalue weighted by Gasteiger charge is 2.25. The minimum atomic E-state index is -0.979. The molecular formula is C34H46N2O10. The van der Waals surface area contributed by atoms with Gasteiger partial charge in [-0.15, -0.1) is 6.58 Å². The molecule has 2 N–H and O–H groups in total. The molecular weight excluding hydrogens is 596 g/mol. The second-order valence-corrected chi connectivity index (χ2v) is 8.85. The number of nitrogens with one attached hydrogen (secondary N) is 2. The Morgan fingerprint density at radius 3 is 2.30 bits per heavy atom. The standard InChI is InChI=1S/C17H21NO5.C15H17NO5.2CH4/c1-4-10-22-14-9-7-6-8-13(14)18-17(20)15(23-11-5-2)12-16(19)21-3;1-19-14(17)10-13-15(18)16-11-6-2-3-7-12(11)20-8-4-5-9-21-13;;/h4-9,15H,1-2,10-12H2,3H3,(H,18,20);2-7,13H,8-10H2,1H3,(H,16,18);2*1H4. The number of anilines is 2. The number of methoxy groups -OCH3 is 2. The number of carbonyl (C=O) groups is 4. The second kappa shape index (κ2) is 23.4. The summed E-state index contributed by atoms with van der Waals surface area (Å²) in [5.74, 6) is -0.849. The summed E-state index contributed by atoms with van der Waals surface area (Å²) in [4.78, 5) is 47.3. The fraction of sp³-hybridized carbons (Fsp3) is 0.353. The van der Waals surface area contributed by atoms with E-state index in [9.17, 15) is 19.2 Å². The number of rotatable bonds is 12. The second-order valence-electron chi connectivity index (χ2n) is 8.85. The summed E-state index contributed by atoms with van der Waals surface area (Å²) in [5, 5.41) is 5.41. The van der Waals surface area contributed by atoms with Crippen molar-refractivity contribution in [3.8, 4) is 11.5 Å².